The Morgan fingerprint density at radius 2 is 1.54 bits per heavy atom. The molecule has 4 nitrogen and oxygen atoms in total. The van der Waals surface area contributed by atoms with Crippen molar-refractivity contribution >= 4 is 17.5 Å². The lowest BCUT2D eigenvalue weighted by Gasteiger charge is -2.33. The number of hydrogen-bond acceptors (Lipinski definition) is 2. The predicted molar refractivity (Wildman–Crippen MR) is 104 cm³/mol. The van der Waals surface area contributed by atoms with Gasteiger partial charge in [-0.15, -0.1) is 0 Å². The van der Waals surface area contributed by atoms with Crippen LogP contribution in [-0.4, -0.2) is 36.3 Å². The third-order valence-corrected chi connectivity index (χ3v) is 5.08. The molecule has 0 atom stereocenters. The first-order valence-corrected chi connectivity index (χ1v) is 9.38. The number of amides is 2. The van der Waals surface area contributed by atoms with Crippen LogP contribution in [0.1, 0.15) is 25.3 Å². The van der Waals surface area contributed by atoms with E-state index in [-0.39, 0.29) is 5.91 Å². The van der Waals surface area contributed by atoms with Crippen molar-refractivity contribution in [1.82, 2.24) is 4.90 Å². The van der Waals surface area contributed by atoms with E-state index in [0.717, 1.165) is 24.9 Å². The zero-order valence-corrected chi connectivity index (χ0v) is 15.3. The number of carbonyl (C=O) groups excluding carboxylic acids is 2. The molecule has 0 bridgehead atoms. The molecule has 0 unspecified atom stereocenters. The summed E-state index contributed by atoms with van der Waals surface area (Å²) in [4.78, 5) is 28.6. The van der Waals surface area contributed by atoms with E-state index in [0.29, 0.717) is 25.6 Å². The number of rotatable bonds is 4. The van der Waals surface area contributed by atoms with Crippen LogP contribution in [-0.2, 0) is 16.0 Å². The third-order valence-electron chi connectivity index (χ3n) is 5.08. The van der Waals surface area contributed by atoms with Crippen LogP contribution in [0.2, 0.25) is 0 Å². The molecule has 1 heterocycles. The molecule has 0 radical (unpaired) electrons. The summed E-state index contributed by atoms with van der Waals surface area (Å²) in [6.45, 7) is 3.70. The summed E-state index contributed by atoms with van der Waals surface area (Å²) in [5.74, 6) is -0.234. The summed E-state index contributed by atoms with van der Waals surface area (Å²) in [6, 6.07) is 19.9. The van der Waals surface area contributed by atoms with Crippen LogP contribution in [0.25, 0.3) is 0 Å². The molecule has 3 rings (SSSR count). The number of anilines is 1. The lowest BCUT2D eigenvalue weighted by molar-refractivity contribution is -0.145. The van der Waals surface area contributed by atoms with Crippen molar-refractivity contribution in [2.45, 2.75) is 26.2 Å². The van der Waals surface area contributed by atoms with Crippen LogP contribution in [0.5, 0.6) is 0 Å². The molecule has 26 heavy (non-hydrogen) atoms. The topological polar surface area (TPSA) is 40.6 Å². The fourth-order valence-electron chi connectivity index (χ4n) is 3.59. The van der Waals surface area contributed by atoms with Crippen molar-refractivity contribution in [2.75, 3.05) is 24.5 Å². The zero-order valence-electron chi connectivity index (χ0n) is 15.3. The lowest BCUT2D eigenvalue weighted by atomic mass is 9.90. The number of likely N-dealkylation sites (N-methyl/N-ethyl adjacent to an activating group) is 1. The molecular weight excluding hydrogens is 324 g/mol. The third kappa shape index (κ3) is 4.31. The lowest BCUT2D eigenvalue weighted by Crippen LogP contribution is -2.48. The molecule has 2 aromatic rings. The normalized spacial score (nSPS) is 14.9. The van der Waals surface area contributed by atoms with Gasteiger partial charge in [0, 0.05) is 25.3 Å². The molecule has 1 aliphatic heterocycles. The quantitative estimate of drug-likeness (QED) is 0.792. The number of nitrogens with zero attached hydrogens (tertiary/aromatic N) is 2. The van der Waals surface area contributed by atoms with Crippen LogP contribution >= 0.6 is 0 Å². The molecule has 0 aliphatic carbocycles. The molecule has 2 aromatic carbocycles. The van der Waals surface area contributed by atoms with Gasteiger partial charge in [-0.1, -0.05) is 48.5 Å². The molecule has 0 aromatic heterocycles. The van der Waals surface area contributed by atoms with Crippen molar-refractivity contribution in [3.8, 4) is 0 Å². The number of para-hydroxylation sites is 1. The summed E-state index contributed by atoms with van der Waals surface area (Å²) in [5, 5.41) is 0. The summed E-state index contributed by atoms with van der Waals surface area (Å²) in [7, 11) is 0. The Labute approximate surface area is 155 Å². The van der Waals surface area contributed by atoms with E-state index in [1.165, 1.54) is 5.56 Å². The molecule has 2 amide bonds. The van der Waals surface area contributed by atoms with E-state index < -0.39 is 5.91 Å². The van der Waals surface area contributed by atoms with E-state index in [9.17, 15) is 9.59 Å². The van der Waals surface area contributed by atoms with E-state index >= 15 is 0 Å². The molecular formula is C22H26N2O2. The highest BCUT2D eigenvalue weighted by molar-refractivity contribution is 6.40. The van der Waals surface area contributed by atoms with Crippen LogP contribution in [0.3, 0.4) is 0 Å². The second-order valence-electron chi connectivity index (χ2n) is 6.81. The molecule has 4 heteroatoms. The Balaban J connectivity index is 1.56. The van der Waals surface area contributed by atoms with Gasteiger partial charge in [-0.2, -0.15) is 0 Å². The average Bonchev–Trinajstić information content (AvgIpc) is 2.70. The Morgan fingerprint density at radius 1 is 0.962 bits per heavy atom. The van der Waals surface area contributed by atoms with Gasteiger partial charge >= 0.3 is 11.8 Å². The van der Waals surface area contributed by atoms with Crippen LogP contribution in [0.4, 0.5) is 5.69 Å². The SMILES string of the molecule is CCN(C(=O)C(=O)N1CCC(Cc2ccccc2)CC1)c1ccccc1. The predicted octanol–water partition coefficient (Wildman–Crippen LogP) is 3.52. The van der Waals surface area contributed by atoms with Crippen LogP contribution < -0.4 is 4.90 Å². The van der Waals surface area contributed by atoms with Gasteiger partial charge in [-0.25, -0.2) is 0 Å². The van der Waals surface area contributed by atoms with Crippen molar-refractivity contribution in [3.05, 3.63) is 66.2 Å². The minimum atomic E-state index is -0.430. The molecule has 1 aliphatic rings. The molecule has 0 saturated carbocycles. The van der Waals surface area contributed by atoms with Gasteiger partial charge in [0.25, 0.3) is 0 Å². The first-order valence-electron chi connectivity index (χ1n) is 9.38. The van der Waals surface area contributed by atoms with Crippen LogP contribution in [0, 0.1) is 5.92 Å². The minimum Gasteiger partial charge on any atom is -0.334 e. The molecule has 1 fully saturated rings. The number of piperidine rings is 1. The van der Waals surface area contributed by atoms with Crippen LogP contribution in [0.15, 0.2) is 60.7 Å². The van der Waals surface area contributed by atoms with E-state index in [4.69, 9.17) is 0 Å². The highest BCUT2D eigenvalue weighted by Gasteiger charge is 2.30. The Hall–Kier alpha value is -2.62. The Kier molecular flexibility index (Phi) is 6.05. The molecule has 0 spiro atoms. The van der Waals surface area contributed by atoms with Crippen molar-refractivity contribution in [3.63, 3.8) is 0 Å². The summed E-state index contributed by atoms with van der Waals surface area (Å²) in [5.41, 5.74) is 2.11. The minimum absolute atomic E-state index is 0.381. The van der Waals surface area contributed by atoms with Crippen molar-refractivity contribution in [2.24, 2.45) is 5.92 Å². The maximum atomic E-state index is 12.7. The number of benzene rings is 2. The fraction of sp³-hybridized carbons (Fsp3) is 0.364. The Bertz CT molecular complexity index is 722. The first kappa shape index (κ1) is 18.2. The monoisotopic (exact) mass is 350 g/mol. The second-order valence-corrected chi connectivity index (χ2v) is 6.81. The number of carbonyl (C=O) groups is 2. The van der Waals surface area contributed by atoms with Crippen molar-refractivity contribution in [1.29, 1.82) is 0 Å². The maximum Gasteiger partial charge on any atom is 0.316 e. The van der Waals surface area contributed by atoms with Gasteiger partial charge in [-0.05, 0) is 49.8 Å². The van der Waals surface area contributed by atoms with E-state index in [1.807, 2.05) is 43.3 Å². The summed E-state index contributed by atoms with van der Waals surface area (Å²) in [6.07, 6.45) is 2.94. The zero-order chi connectivity index (χ0) is 18.4. The molecule has 136 valence electrons. The second kappa shape index (κ2) is 8.65. The largest absolute Gasteiger partial charge is 0.334 e. The van der Waals surface area contributed by atoms with Gasteiger partial charge < -0.3 is 9.80 Å². The van der Waals surface area contributed by atoms with Gasteiger partial charge in [0.15, 0.2) is 0 Å². The highest BCUT2D eigenvalue weighted by atomic mass is 16.2. The van der Waals surface area contributed by atoms with Gasteiger partial charge in [-0.3, -0.25) is 9.59 Å². The number of likely N-dealkylation sites (tertiary alicyclic amines) is 1. The molecule has 0 N–H and O–H groups in total. The Morgan fingerprint density at radius 3 is 2.12 bits per heavy atom. The van der Waals surface area contributed by atoms with Crippen molar-refractivity contribution < 1.29 is 9.59 Å². The summed E-state index contributed by atoms with van der Waals surface area (Å²) < 4.78 is 0. The molecule has 1 saturated heterocycles. The van der Waals surface area contributed by atoms with E-state index in [1.54, 1.807) is 9.80 Å². The van der Waals surface area contributed by atoms with Gasteiger partial charge in [0.1, 0.15) is 0 Å². The number of hydrogen-bond donors (Lipinski definition) is 0. The van der Waals surface area contributed by atoms with Gasteiger partial charge in [0.05, 0.1) is 0 Å². The standard InChI is InChI=1S/C22H26N2O2/c1-2-24(20-11-7-4-8-12-20)22(26)21(25)23-15-13-19(14-16-23)17-18-9-5-3-6-10-18/h3-12,19H,2,13-17H2,1H3. The highest BCUT2D eigenvalue weighted by Crippen LogP contribution is 2.22. The fourth-order valence-corrected chi connectivity index (χ4v) is 3.59. The summed E-state index contributed by atoms with van der Waals surface area (Å²) >= 11 is 0. The first-order chi connectivity index (χ1) is 12.7. The average molecular weight is 350 g/mol. The maximum absolute atomic E-state index is 12.7. The van der Waals surface area contributed by atoms with E-state index in [2.05, 4.69) is 24.3 Å². The smallest absolute Gasteiger partial charge is 0.316 e. The van der Waals surface area contributed by atoms with Gasteiger partial charge in [0.2, 0.25) is 0 Å².